The molecule has 1 N–H and O–H groups in total. The van der Waals surface area contributed by atoms with Crippen LogP contribution in [0.3, 0.4) is 0 Å². The molecule has 1 aromatic heterocycles. The zero-order chi connectivity index (χ0) is 10.0. The van der Waals surface area contributed by atoms with E-state index < -0.39 is 0 Å². The molecule has 2 nitrogen and oxygen atoms in total. The van der Waals surface area contributed by atoms with Gasteiger partial charge in [0.2, 0.25) is 0 Å². The first kappa shape index (κ1) is 11.0. The quantitative estimate of drug-likeness (QED) is 0.790. The first-order valence-corrected chi connectivity index (χ1v) is 5.99. The van der Waals surface area contributed by atoms with Crippen molar-refractivity contribution in [2.24, 2.45) is 0 Å². The van der Waals surface area contributed by atoms with Gasteiger partial charge in [-0.15, -0.1) is 11.3 Å². The predicted octanol–water partition coefficient (Wildman–Crippen LogP) is 2.62. The Morgan fingerprint density at radius 3 is 2.38 bits per heavy atom. The van der Waals surface area contributed by atoms with Gasteiger partial charge in [-0.25, -0.2) is 4.98 Å². The first-order valence-electron chi connectivity index (χ1n) is 4.29. The number of aryl methyl sites for hydroxylation is 2. The van der Waals surface area contributed by atoms with E-state index in [0.29, 0.717) is 0 Å². The van der Waals surface area contributed by atoms with E-state index in [2.05, 4.69) is 11.9 Å². The molecule has 1 heterocycles. The SMILES string of the molecule is Cc1nc(SC(C)C(C)O)sc1C. The highest BCUT2D eigenvalue weighted by Crippen LogP contribution is 2.30. The summed E-state index contributed by atoms with van der Waals surface area (Å²) in [4.78, 5) is 5.67. The summed E-state index contributed by atoms with van der Waals surface area (Å²) in [6, 6.07) is 0. The lowest BCUT2D eigenvalue weighted by Crippen LogP contribution is -2.14. The van der Waals surface area contributed by atoms with Gasteiger partial charge in [0.15, 0.2) is 4.34 Å². The lowest BCUT2D eigenvalue weighted by atomic mass is 10.3. The second kappa shape index (κ2) is 4.44. The molecule has 1 aromatic rings. The van der Waals surface area contributed by atoms with E-state index in [0.717, 1.165) is 10.0 Å². The van der Waals surface area contributed by atoms with Crippen molar-refractivity contribution in [2.75, 3.05) is 0 Å². The zero-order valence-electron chi connectivity index (χ0n) is 8.37. The van der Waals surface area contributed by atoms with Crippen LogP contribution in [-0.2, 0) is 0 Å². The van der Waals surface area contributed by atoms with Crippen LogP contribution in [0.15, 0.2) is 4.34 Å². The number of aromatic nitrogens is 1. The lowest BCUT2D eigenvalue weighted by Gasteiger charge is -2.11. The van der Waals surface area contributed by atoms with E-state index in [1.165, 1.54) is 4.88 Å². The average molecular weight is 217 g/mol. The fourth-order valence-electron chi connectivity index (χ4n) is 0.751. The number of thiazole rings is 1. The van der Waals surface area contributed by atoms with Crippen molar-refractivity contribution in [3.8, 4) is 0 Å². The molecule has 0 bridgehead atoms. The summed E-state index contributed by atoms with van der Waals surface area (Å²) in [6.07, 6.45) is -0.283. The second-order valence-electron chi connectivity index (χ2n) is 3.18. The van der Waals surface area contributed by atoms with Crippen LogP contribution in [0.5, 0.6) is 0 Å². The third kappa shape index (κ3) is 2.97. The Hall–Kier alpha value is -0.0600. The summed E-state index contributed by atoms with van der Waals surface area (Å²) in [6.45, 7) is 7.92. The molecule has 74 valence electrons. The summed E-state index contributed by atoms with van der Waals surface area (Å²) in [5, 5.41) is 9.53. The van der Waals surface area contributed by atoms with Crippen molar-refractivity contribution < 1.29 is 5.11 Å². The van der Waals surface area contributed by atoms with Gasteiger partial charge in [-0.3, -0.25) is 0 Å². The van der Waals surface area contributed by atoms with Crippen LogP contribution >= 0.6 is 23.1 Å². The third-order valence-corrected chi connectivity index (χ3v) is 4.44. The molecule has 13 heavy (non-hydrogen) atoms. The minimum absolute atomic E-state index is 0.213. The van der Waals surface area contributed by atoms with Crippen LogP contribution in [0.4, 0.5) is 0 Å². The Morgan fingerprint density at radius 2 is 2.00 bits per heavy atom. The standard InChI is InChI=1S/C9H15NOS2/c1-5-7(3)12-9(10-5)13-8(4)6(2)11/h6,8,11H,1-4H3. The maximum Gasteiger partial charge on any atom is 0.150 e. The zero-order valence-corrected chi connectivity index (χ0v) is 10.00. The van der Waals surface area contributed by atoms with Crippen molar-refractivity contribution in [1.82, 2.24) is 4.98 Å². The lowest BCUT2D eigenvalue weighted by molar-refractivity contribution is 0.196. The average Bonchev–Trinajstić information content (AvgIpc) is 2.31. The fraction of sp³-hybridized carbons (Fsp3) is 0.667. The Balaban J connectivity index is 2.64. The van der Waals surface area contributed by atoms with Crippen molar-refractivity contribution in [3.05, 3.63) is 10.6 Å². The molecule has 0 spiro atoms. The Bertz CT molecular complexity index is 264. The van der Waals surface area contributed by atoms with Crippen molar-refractivity contribution in [3.63, 3.8) is 0 Å². The van der Waals surface area contributed by atoms with Gasteiger partial charge in [-0.2, -0.15) is 0 Å². The molecule has 0 saturated heterocycles. The summed E-state index contributed by atoms with van der Waals surface area (Å²) in [7, 11) is 0. The van der Waals surface area contributed by atoms with Gasteiger partial charge in [0.1, 0.15) is 0 Å². The number of aliphatic hydroxyl groups excluding tert-OH is 1. The first-order chi connectivity index (χ1) is 6.00. The van der Waals surface area contributed by atoms with E-state index in [-0.39, 0.29) is 11.4 Å². The summed E-state index contributed by atoms with van der Waals surface area (Å²) < 4.78 is 1.06. The van der Waals surface area contributed by atoms with Gasteiger partial charge >= 0.3 is 0 Å². The van der Waals surface area contributed by atoms with E-state index in [1.807, 2.05) is 20.8 Å². The molecule has 1 rings (SSSR count). The highest BCUT2D eigenvalue weighted by Gasteiger charge is 2.13. The number of thioether (sulfide) groups is 1. The van der Waals surface area contributed by atoms with Crippen LogP contribution in [0.1, 0.15) is 24.4 Å². The molecule has 0 aromatic carbocycles. The monoisotopic (exact) mass is 217 g/mol. The summed E-state index contributed by atoms with van der Waals surface area (Å²) in [5.41, 5.74) is 1.10. The second-order valence-corrected chi connectivity index (χ2v) is 6.01. The topological polar surface area (TPSA) is 33.1 Å². The summed E-state index contributed by atoms with van der Waals surface area (Å²) in [5.74, 6) is 0. The van der Waals surface area contributed by atoms with Gasteiger partial charge in [-0.05, 0) is 20.8 Å². The minimum Gasteiger partial charge on any atom is -0.392 e. The largest absolute Gasteiger partial charge is 0.392 e. The van der Waals surface area contributed by atoms with E-state index in [1.54, 1.807) is 23.1 Å². The van der Waals surface area contributed by atoms with Gasteiger partial charge < -0.3 is 5.11 Å². The molecular formula is C9H15NOS2. The molecule has 0 aliphatic carbocycles. The number of rotatable bonds is 3. The van der Waals surface area contributed by atoms with Crippen molar-refractivity contribution in [2.45, 2.75) is 43.4 Å². The van der Waals surface area contributed by atoms with Gasteiger partial charge in [-0.1, -0.05) is 18.7 Å². The molecule has 0 saturated carbocycles. The molecule has 0 aliphatic rings. The van der Waals surface area contributed by atoms with Gasteiger partial charge in [0.05, 0.1) is 11.8 Å². The molecule has 0 aliphatic heterocycles. The van der Waals surface area contributed by atoms with Crippen LogP contribution in [0.25, 0.3) is 0 Å². The molecule has 0 radical (unpaired) electrons. The smallest absolute Gasteiger partial charge is 0.150 e. The maximum atomic E-state index is 9.31. The molecular weight excluding hydrogens is 202 g/mol. The third-order valence-electron chi connectivity index (χ3n) is 1.97. The number of nitrogens with zero attached hydrogens (tertiary/aromatic N) is 1. The molecule has 4 heteroatoms. The normalized spacial score (nSPS) is 15.8. The number of hydrogen-bond acceptors (Lipinski definition) is 4. The van der Waals surface area contributed by atoms with Crippen LogP contribution < -0.4 is 0 Å². The van der Waals surface area contributed by atoms with Crippen LogP contribution in [0, 0.1) is 13.8 Å². The Kier molecular flexibility index (Phi) is 3.76. The fourth-order valence-corrected chi connectivity index (χ4v) is 3.12. The minimum atomic E-state index is -0.283. The maximum absolute atomic E-state index is 9.31. The molecule has 0 fully saturated rings. The Labute approximate surface area is 87.4 Å². The highest BCUT2D eigenvalue weighted by molar-refractivity contribution is 8.01. The van der Waals surface area contributed by atoms with E-state index >= 15 is 0 Å². The Morgan fingerprint density at radius 1 is 1.38 bits per heavy atom. The van der Waals surface area contributed by atoms with Gasteiger partial charge in [0.25, 0.3) is 0 Å². The predicted molar refractivity (Wildman–Crippen MR) is 58.6 cm³/mol. The summed E-state index contributed by atoms with van der Waals surface area (Å²) >= 11 is 3.34. The van der Waals surface area contributed by atoms with Crippen LogP contribution in [-0.4, -0.2) is 21.4 Å². The van der Waals surface area contributed by atoms with Crippen molar-refractivity contribution in [1.29, 1.82) is 0 Å². The van der Waals surface area contributed by atoms with E-state index in [4.69, 9.17) is 0 Å². The molecule has 2 unspecified atom stereocenters. The molecule has 2 atom stereocenters. The number of hydrogen-bond donors (Lipinski definition) is 1. The number of aliphatic hydroxyl groups is 1. The molecule has 0 amide bonds. The highest BCUT2D eigenvalue weighted by atomic mass is 32.2. The van der Waals surface area contributed by atoms with Crippen molar-refractivity contribution >= 4 is 23.1 Å². The van der Waals surface area contributed by atoms with Gasteiger partial charge in [0, 0.05) is 10.1 Å². The van der Waals surface area contributed by atoms with Crippen LogP contribution in [0.2, 0.25) is 0 Å². The van der Waals surface area contributed by atoms with E-state index in [9.17, 15) is 5.11 Å².